The molecule has 2 aromatic carbocycles. The summed E-state index contributed by atoms with van der Waals surface area (Å²) in [5.41, 5.74) is -0.560. The van der Waals surface area contributed by atoms with Gasteiger partial charge in [-0.15, -0.1) is 0 Å². The number of hydrogen-bond acceptors (Lipinski definition) is 5. The highest BCUT2D eigenvalue weighted by Crippen LogP contribution is 2.11. The number of carbonyl (C=O) groups excluding carboxylic acids is 2. The van der Waals surface area contributed by atoms with Crippen molar-refractivity contribution in [3.8, 4) is 0 Å². The van der Waals surface area contributed by atoms with E-state index in [1.165, 1.54) is 41.1 Å². The van der Waals surface area contributed by atoms with Gasteiger partial charge in [0.2, 0.25) is 0 Å². The van der Waals surface area contributed by atoms with Gasteiger partial charge in [0, 0.05) is 12.3 Å². The lowest BCUT2D eigenvalue weighted by molar-refractivity contribution is -0.148. The second-order valence-electron chi connectivity index (χ2n) is 6.32. The summed E-state index contributed by atoms with van der Waals surface area (Å²) >= 11 is 0. The number of nitrogens with zero attached hydrogens (tertiary/aromatic N) is 2. The standard InChI is InChI=1S/C21H18FN3O5/c22-16-8-4-5-9-17(16)23-18(26)14-30-20(28)13-25-19(27)10-11-24(21(25)29)12-15-6-2-1-3-7-15/h1-11H,12-14H2,(H,23,26). The molecule has 30 heavy (non-hydrogen) atoms. The summed E-state index contributed by atoms with van der Waals surface area (Å²) in [4.78, 5) is 48.4. The Morgan fingerprint density at radius 2 is 1.67 bits per heavy atom. The maximum absolute atomic E-state index is 13.5. The van der Waals surface area contributed by atoms with Gasteiger partial charge in [0.1, 0.15) is 12.4 Å². The number of aromatic nitrogens is 2. The summed E-state index contributed by atoms with van der Waals surface area (Å²) in [6.45, 7) is -1.12. The summed E-state index contributed by atoms with van der Waals surface area (Å²) in [6.07, 6.45) is 1.35. The first-order valence-corrected chi connectivity index (χ1v) is 8.98. The van der Waals surface area contributed by atoms with Gasteiger partial charge < -0.3 is 10.1 Å². The Morgan fingerprint density at radius 3 is 2.40 bits per heavy atom. The van der Waals surface area contributed by atoms with E-state index < -0.39 is 42.1 Å². The third-order valence-corrected chi connectivity index (χ3v) is 4.13. The highest BCUT2D eigenvalue weighted by molar-refractivity contribution is 5.92. The quantitative estimate of drug-likeness (QED) is 0.592. The van der Waals surface area contributed by atoms with Crippen LogP contribution in [-0.4, -0.2) is 27.6 Å². The van der Waals surface area contributed by atoms with E-state index >= 15 is 0 Å². The third kappa shape index (κ3) is 5.28. The Morgan fingerprint density at radius 1 is 0.967 bits per heavy atom. The normalized spacial score (nSPS) is 10.4. The second-order valence-corrected chi connectivity index (χ2v) is 6.32. The van der Waals surface area contributed by atoms with Gasteiger partial charge in [0.25, 0.3) is 11.5 Å². The van der Waals surface area contributed by atoms with Crippen LogP contribution in [0, 0.1) is 5.82 Å². The van der Waals surface area contributed by atoms with Crippen LogP contribution in [0.25, 0.3) is 0 Å². The first-order valence-electron chi connectivity index (χ1n) is 8.98. The highest BCUT2D eigenvalue weighted by atomic mass is 19.1. The zero-order valence-corrected chi connectivity index (χ0v) is 15.8. The number of ether oxygens (including phenoxy) is 1. The average Bonchev–Trinajstić information content (AvgIpc) is 2.74. The Balaban J connectivity index is 1.63. The molecular formula is C21H18FN3O5. The maximum Gasteiger partial charge on any atom is 0.331 e. The number of para-hydroxylation sites is 1. The number of hydrogen-bond donors (Lipinski definition) is 1. The van der Waals surface area contributed by atoms with Gasteiger partial charge in [0.05, 0.1) is 12.2 Å². The van der Waals surface area contributed by atoms with Gasteiger partial charge in [0.15, 0.2) is 6.61 Å². The Hall–Kier alpha value is -4.01. The smallest absolute Gasteiger partial charge is 0.331 e. The van der Waals surface area contributed by atoms with Crippen LogP contribution in [0.3, 0.4) is 0 Å². The summed E-state index contributed by atoms with van der Waals surface area (Å²) in [6, 6.07) is 15.8. The van der Waals surface area contributed by atoms with E-state index in [0.29, 0.717) is 0 Å². The van der Waals surface area contributed by atoms with Crippen molar-refractivity contribution >= 4 is 17.6 Å². The van der Waals surface area contributed by atoms with Gasteiger partial charge in [-0.25, -0.2) is 13.8 Å². The molecule has 3 rings (SSSR count). The predicted octanol–water partition coefficient (Wildman–Crippen LogP) is 1.38. The molecule has 0 spiro atoms. The van der Waals surface area contributed by atoms with Crippen LogP contribution in [0.5, 0.6) is 0 Å². The molecule has 1 heterocycles. The van der Waals surface area contributed by atoms with Crippen LogP contribution in [0.2, 0.25) is 0 Å². The molecule has 0 saturated heterocycles. The van der Waals surface area contributed by atoms with Crippen LogP contribution >= 0.6 is 0 Å². The van der Waals surface area contributed by atoms with Crippen LogP contribution in [0.1, 0.15) is 5.56 Å². The molecule has 1 N–H and O–H groups in total. The minimum Gasteiger partial charge on any atom is -0.454 e. The van der Waals surface area contributed by atoms with E-state index in [-0.39, 0.29) is 12.2 Å². The van der Waals surface area contributed by atoms with Crippen molar-refractivity contribution in [1.29, 1.82) is 0 Å². The monoisotopic (exact) mass is 411 g/mol. The number of carbonyl (C=O) groups is 2. The van der Waals surface area contributed by atoms with Crippen molar-refractivity contribution in [2.24, 2.45) is 0 Å². The molecule has 1 amide bonds. The van der Waals surface area contributed by atoms with E-state index in [1.807, 2.05) is 30.3 Å². The molecule has 0 aliphatic rings. The molecule has 0 saturated carbocycles. The molecule has 9 heteroatoms. The third-order valence-electron chi connectivity index (χ3n) is 4.13. The molecule has 0 atom stereocenters. The number of halogens is 1. The SMILES string of the molecule is O=C(COC(=O)Cn1c(=O)ccn(Cc2ccccc2)c1=O)Nc1ccccc1F. The molecule has 0 radical (unpaired) electrons. The topological polar surface area (TPSA) is 99.4 Å². The number of rotatable bonds is 7. The van der Waals surface area contributed by atoms with Crippen molar-refractivity contribution < 1.29 is 18.7 Å². The van der Waals surface area contributed by atoms with Crippen molar-refractivity contribution in [2.75, 3.05) is 11.9 Å². The maximum atomic E-state index is 13.5. The molecule has 0 fully saturated rings. The number of amides is 1. The van der Waals surface area contributed by atoms with Crippen molar-refractivity contribution in [3.05, 3.63) is 99.1 Å². The van der Waals surface area contributed by atoms with E-state index in [0.717, 1.165) is 10.1 Å². The van der Waals surface area contributed by atoms with Gasteiger partial charge in [-0.05, 0) is 17.7 Å². The predicted molar refractivity (Wildman–Crippen MR) is 106 cm³/mol. The Labute approximate surface area is 170 Å². The summed E-state index contributed by atoms with van der Waals surface area (Å²) < 4.78 is 20.3. The van der Waals surface area contributed by atoms with Gasteiger partial charge in [-0.1, -0.05) is 42.5 Å². The molecule has 0 aliphatic carbocycles. The van der Waals surface area contributed by atoms with Crippen molar-refractivity contribution in [2.45, 2.75) is 13.1 Å². The number of benzene rings is 2. The number of anilines is 1. The van der Waals surface area contributed by atoms with Crippen molar-refractivity contribution in [3.63, 3.8) is 0 Å². The lowest BCUT2D eigenvalue weighted by Gasteiger charge is -2.10. The van der Waals surface area contributed by atoms with E-state index in [1.54, 1.807) is 0 Å². The van der Waals surface area contributed by atoms with E-state index in [2.05, 4.69) is 5.32 Å². The fourth-order valence-electron chi connectivity index (χ4n) is 2.67. The Bertz CT molecular complexity index is 1170. The average molecular weight is 411 g/mol. The lowest BCUT2D eigenvalue weighted by Crippen LogP contribution is -2.41. The van der Waals surface area contributed by atoms with Gasteiger partial charge in [-0.3, -0.25) is 19.0 Å². The molecule has 1 aromatic heterocycles. The summed E-state index contributed by atoms with van der Waals surface area (Å²) in [7, 11) is 0. The largest absolute Gasteiger partial charge is 0.454 e. The first-order chi connectivity index (χ1) is 14.4. The molecular weight excluding hydrogens is 393 g/mol. The second kappa shape index (κ2) is 9.46. The van der Waals surface area contributed by atoms with Gasteiger partial charge >= 0.3 is 11.7 Å². The van der Waals surface area contributed by atoms with E-state index in [4.69, 9.17) is 4.74 Å². The van der Waals surface area contributed by atoms with Crippen LogP contribution in [0.4, 0.5) is 10.1 Å². The van der Waals surface area contributed by atoms with E-state index in [9.17, 15) is 23.6 Å². The number of nitrogens with one attached hydrogen (secondary N) is 1. The minimum absolute atomic E-state index is 0.0540. The molecule has 0 unspecified atom stereocenters. The van der Waals surface area contributed by atoms with Crippen LogP contribution in [-0.2, 0) is 27.4 Å². The summed E-state index contributed by atoms with van der Waals surface area (Å²) in [5.74, 6) is -2.34. The van der Waals surface area contributed by atoms with Crippen molar-refractivity contribution in [1.82, 2.24) is 9.13 Å². The highest BCUT2D eigenvalue weighted by Gasteiger charge is 2.14. The number of esters is 1. The minimum atomic E-state index is -0.949. The zero-order valence-electron chi connectivity index (χ0n) is 15.8. The fourth-order valence-corrected chi connectivity index (χ4v) is 2.67. The Kier molecular flexibility index (Phi) is 6.53. The zero-order chi connectivity index (χ0) is 21.5. The van der Waals surface area contributed by atoms with Crippen LogP contribution < -0.4 is 16.6 Å². The molecule has 0 aliphatic heterocycles. The molecule has 0 bridgehead atoms. The molecule has 8 nitrogen and oxygen atoms in total. The fraction of sp³-hybridized carbons (Fsp3) is 0.143. The lowest BCUT2D eigenvalue weighted by atomic mass is 10.2. The van der Waals surface area contributed by atoms with Crippen LogP contribution in [0.15, 0.2) is 76.4 Å². The van der Waals surface area contributed by atoms with Gasteiger partial charge in [-0.2, -0.15) is 0 Å². The first kappa shape index (κ1) is 20.7. The molecule has 3 aromatic rings. The summed E-state index contributed by atoms with van der Waals surface area (Å²) in [5, 5.41) is 2.26. The molecule has 154 valence electrons.